The molecule has 0 bridgehead atoms. The van der Waals surface area contributed by atoms with Crippen molar-refractivity contribution in [1.29, 1.82) is 0 Å². The Balaban J connectivity index is 0.00000484. The van der Waals surface area contributed by atoms with Crippen molar-refractivity contribution in [3.8, 4) is 11.5 Å². The van der Waals surface area contributed by atoms with Gasteiger partial charge in [-0.15, -0.1) is 19.0 Å². The summed E-state index contributed by atoms with van der Waals surface area (Å²) in [4.78, 5) is 11.8. The molecule has 0 heterocycles. The lowest BCUT2D eigenvalue weighted by atomic mass is 10.1. The van der Waals surface area contributed by atoms with E-state index in [1.165, 1.54) is 0 Å². The molecule has 0 radical (unpaired) electrons. The van der Waals surface area contributed by atoms with Crippen molar-refractivity contribution in [2.75, 3.05) is 20.3 Å². The zero-order chi connectivity index (χ0) is 16.6. The van der Waals surface area contributed by atoms with Gasteiger partial charge in [0.2, 0.25) is 0 Å². The fourth-order valence-electron chi connectivity index (χ4n) is 1.86. The predicted octanol–water partition coefficient (Wildman–Crippen LogP) is 2.69. The highest BCUT2D eigenvalue weighted by molar-refractivity contribution is 5.85. The molecule has 0 saturated heterocycles. The number of benzene rings is 1. The number of carbonyl (C=O) groups excluding carboxylic acids is 1. The number of methoxy groups -OCH3 is 1. The van der Waals surface area contributed by atoms with Crippen LogP contribution >= 0.6 is 12.4 Å². The average molecular weight is 343 g/mol. The van der Waals surface area contributed by atoms with Gasteiger partial charge in [0.1, 0.15) is 0 Å². The van der Waals surface area contributed by atoms with Crippen LogP contribution in [0, 0.1) is 0 Å². The van der Waals surface area contributed by atoms with Crippen LogP contribution in [-0.2, 0) is 11.3 Å². The van der Waals surface area contributed by atoms with Crippen LogP contribution in [0.25, 0.3) is 0 Å². The van der Waals surface area contributed by atoms with Gasteiger partial charge in [0, 0.05) is 18.6 Å². The smallest absolute Gasteiger partial charge is 0.258 e. The molecule has 1 rings (SSSR count). The number of nitrogens with one attached hydrogen (secondary N) is 2. The quantitative estimate of drug-likeness (QED) is 0.563. The van der Waals surface area contributed by atoms with Gasteiger partial charge in [0.15, 0.2) is 18.1 Å². The van der Waals surface area contributed by atoms with Gasteiger partial charge in [-0.25, -0.2) is 0 Å². The Labute approximate surface area is 144 Å². The summed E-state index contributed by atoms with van der Waals surface area (Å²) in [5, 5.41) is 6.07. The third kappa shape index (κ3) is 8.47. The zero-order valence-electron chi connectivity index (χ0n) is 14.3. The van der Waals surface area contributed by atoms with Crippen molar-refractivity contribution in [1.82, 2.24) is 10.6 Å². The maximum Gasteiger partial charge on any atom is 0.258 e. The molecule has 1 aromatic carbocycles. The summed E-state index contributed by atoms with van der Waals surface area (Å²) >= 11 is 0. The molecular formula is C17H27ClN2O3. The number of hydrogen-bond acceptors (Lipinski definition) is 4. The normalized spacial score (nSPS) is 10.4. The summed E-state index contributed by atoms with van der Waals surface area (Å²) < 4.78 is 10.9. The van der Waals surface area contributed by atoms with E-state index in [2.05, 4.69) is 17.2 Å². The van der Waals surface area contributed by atoms with Crippen molar-refractivity contribution in [2.24, 2.45) is 0 Å². The van der Waals surface area contributed by atoms with Crippen molar-refractivity contribution >= 4 is 18.3 Å². The number of halogens is 1. The first-order valence-corrected chi connectivity index (χ1v) is 7.28. The van der Waals surface area contributed by atoms with Gasteiger partial charge >= 0.3 is 0 Å². The van der Waals surface area contributed by atoms with E-state index in [1.807, 2.05) is 45.0 Å². The maximum absolute atomic E-state index is 11.8. The lowest BCUT2D eigenvalue weighted by Crippen LogP contribution is -2.43. The minimum atomic E-state index is -0.273. The molecule has 0 aromatic heterocycles. The van der Waals surface area contributed by atoms with E-state index in [0.717, 1.165) is 12.1 Å². The van der Waals surface area contributed by atoms with Gasteiger partial charge in [0.25, 0.3) is 5.91 Å². The Bertz CT molecular complexity index is 513. The van der Waals surface area contributed by atoms with E-state index in [1.54, 1.807) is 7.11 Å². The highest BCUT2D eigenvalue weighted by Crippen LogP contribution is 2.28. The van der Waals surface area contributed by atoms with Gasteiger partial charge in [-0.1, -0.05) is 12.1 Å². The monoisotopic (exact) mass is 342 g/mol. The van der Waals surface area contributed by atoms with E-state index in [9.17, 15) is 4.79 Å². The standard InChI is InChI=1S/C17H26N2O3.ClH/c1-6-9-18-11-13-7-8-14(15(10-13)21-5)22-12-16(20)19-17(2,3)4;/h6-8,10,18H,1,9,11-12H2,2-5H3,(H,19,20);1H. The summed E-state index contributed by atoms with van der Waals surface area (Å²) in [5.41, 5.74) is 0.802. The molecule has 0 spiro atoms. The van der Waals surface area contributed by atoms with Crippen LogP contribution in [0.15, 0.2) is 30.9 Å². The minimum Gasteiger partial charge on any atom is -0.493 e. The summed E-state index contributed by atoms with van der Waals surface area (Å²) in [7, 11) is 1.58. The molecule has 0 atom stereocenters. The van der Waals surface area contributed by atoms with Crippen molar-refractivity contribution in [3.05, 3.63) is 36.4 Å². The van der Waals surface area contributed by atoms with E-state index >= 15 is 0 Å². The van der Waals surface area contributed by atoms with E-state index in [-0.39, 0.29) is 30.5 Å². The minimum absolute atomic E-state index is 0. The highest BCUT2D eigenvalue weighted by atomic mass is 35.5. The molecule has 0 aliphatic rings. The third-order valence-corrected chi connectivity index (χ3v) is 2.72. The number of ether oxygens (including phenoxy) is 2. The number of carbonyl (C=O) groups is 1. The molecule has 0 saturated carbocycles. The first-order valence-electron chi connectivity index (χ1n) is 7.28. The molecule has 0 aliphatic heterocycles. The largest absolute Gasteiger partial charge is 0.493 e. The SMILES string of the molecule is C=CCNCc1ccc(OCC(=O)NC(C)(C)C)c(OC)c1.Cl. The molecular weight excluding hydrogens is 316 g/mol. The Kier molecular flexibility index (Phi) is 9.37. The number of amides is 1. The van der Waals surface area contributed by atoms with E-state index in [4.69, 9.17) is 9.47 Å². The Morgan fingerprint density at radius 3 is 2.57 bits per heavy atom. The fourth-order valence-corrected chi connectivity index (χ4v) is 1.86. The Morgan fingerprint density at radius 2 is 2.00 bits per heavy atom. The van der Waals surface area contributed by atoms with Crippen molar-refractivity contribution < 1.29 is 14.3 Å². The molecule has 1 amide bonds. The molecule has 0 fully saturated rings. The van der Waals surface area contributed by atoms with E-state index < -0.39 is 0 Å². The molecule has 0 aliphatic carbocycles. The number of hydrogen-bond donors (Lipinski definition) is 2. The molecule has 1 aromatic rings. The molecule has 0 unspecified atom stereocenters. The predicted molar refractivity (Wildman–Crippen MR) is 95.5 cm³/mol. The van der Waals surface area contributed by atoms with Gasteiger partial charge in [0.05, 0.1) is 7.11 Å². The van der Waals surface area contributed by atoms with Crippen molar-refractivity contribution in [3.63, 3.8) is 0 Å². The van der Waals surface area contributed by atoms with Gasteiger partial charge in [-0.05, 0) is 38.5 Å². The molecule has 2 N–H and O–H groups in total. The second-order valence-electron chi connectivity index (χ2n) is 5.99. The maximum atomic E-state index is 11.8. The first kappa shape index (κ1) is 21.3. The lowest BCUT2D eigenvalue weighted by molar-refractivity contribution is -0.124. The summed E-state index contributed by atoms with van der Waals surface area (Å²) in [6.45, 7) is 10.9. The van der Waals surface area contributed by atoms with Crippen LogP contribution in [-0.4, -0.2) is 31.7 Å². The first-order chi connectivity index (χ1) is 10.4. The molecule has 5 nitrogen and oxygen atoms in total. The van der Waals surface area contributed by atoms with Gasteiger partial charge in [-0.2, -0.15) is 0 Å². The van der Waals surface area contributed by atoms with E-state index in [0.29, 0.717) is 18.0 Å². The van der Waals surface area contributed by atoms with Crippen LogP contribution < -0.4 is 20.1 Å². The summed E-state index contributed by atoms with van der Waals surface area (Å²) in [6, 6.07) is 5.65. The summed E-state index contributed by atoms with van der Waals surface area (Å²) in [6.07, 6.45) is 1.81. The van der Waals surface area contributed by atoms with Crippen LogP contribution in [0.1, 0.15) is 26.3 Å². The lowest BCUT2D eigenvalue weighted by Gasteiger charge is -2.20. The topological polar surface area (TPSA) is 59.6 Å². The van der Waals surface area contributed by atoms with Gasteiger partial charge < -0.3 is 20.1 Å². The molecule has 23 heavy (non-hydrogen) atoms. The van der Waals surface area contributed by atoms with Crippen LogP contribution in [0.2, 0.25) is 0 Å². The molecule has 6 heteroatoms. The fraction of sp³-hybridized carbons (Fsp3) is 0.471. The molecule has 130 valence electrons. The van der Waals surface area contributed by atoms with Crippen LogP contribution in [0.3, 0.4) is 0 Å². The second kappa shape index (κ2) is 10.1. The number of rotatable bonds is 8. The average Bonchev–Trinajstić information content (AvgIpc) is 2.44. The van der Waals surface area contributed by atoms with Crippen LogP contribution in [0.4, 0.5) is 0 Å². The zero-order valence-corrected chi connectivity index (χ0v) is 15.1. The third-order valence-electron chi connectivity index (χ3n) is 2.72. The van der Waals surface area contributed by atoms with Crippen LogP contribution in [0.5, 0.6) is 11.5 Å². The Morgan fingerprint density at radius 1 is 1.30 bits per heavy atom. The second-order valence-corrected chi connectivity index (χ2v) is 5.99. The van der Waals surface area contributed by atoms with Gasteiger partial charge in [-0.3, -0.25) is 4.79 Å². The van der Waals surface area contributed by atoms with Crippen molar-refractivity contribution in [2.45, 2.75) is 32.9 Å². The summed E-state index contributed by atoms with van der Waals surface area (Å²) in [5.74, 6) is 1.01. The Hall–Kier alpha value is -1.72. The highest BCUT2D eigenvalue weighted by Gasteiger charge is 2.15.